The highest BCUT2D eigenvalue weighted by molar-refractivity contribution is 7.98. The van der Waals surface area contributed by atoms with Crippen LogP contribution in [-0.4, -0.2) is 46.1 Å². The molecule has 160 valence electrons. The summed E-state index contributed by atoms with van der Waals surface area (Å²) in [5.74, 6) is 0.892. The molecule has 1 aromatic carbocycles. The number of pyridine rings is 1. The monoisotopic (exact) mass is 437 g/mol. The zero-order valence-corrected chi connectivity index (χ0v) is 18.2. The number of carbonyl (C=O) groups excluding carboxylic acids is 1. The van der Waals surface area contributed by atoms with Crippen molar-refractivity contribution >= 4 is 40.2 Å². The molecule has 1 saturated heterocycles. The molecule has 2 fully saturated rings. The molecular weight excluding hydrogens is 413 g/mol. The average molecular weight is 438 g/mol. The minimum absolute atomic E-state index is 0.0989. The standard InChI is InChI=1S/C23H24FN5OS/c1-31-16-4-5-18(24)17(12-16)21(30)14-7-10-29(11-8-14)23-22(26-15-2-3-15)27-19-6-9-25-13-20(19)28-23/h4-6,9,12-15H,2-3,7-8,10-11H2,1H3,(H,26,27). The van der Waals surface area contributed by atoms with Crippen molar-refractivity contribution in [2.45, 2.75) is 36.6 Å². The smallest absolute Gasteiger partial charge is 0.172 e. The minimum Gasteiger partial charge on any atom is -0.364 e. The van der Waals surface area contributed by atoms with Crippen LogP contribution in [0.4, 0.5) is 16.0 Å². The number of anilines is 2. The molecule has 3 heterocycles. The third kappa shape index (κ3) is 4.21. The second kappa shape index (κ2) is 8.42. The first-order valence-corrected chi connectivity index (χ1v) is 11.9. The fourth-order valence-electron chi connectivity index (χ4n) is 4.03. The van der Waals surface area contributed by atoms with Gasteiger partial charge in [0.25, 0.3) is 0 Å². The highest BCUT2D eigenvalue weighted by Crippen LogP contribution is 2.33. The number of ketones is 1. The van der Waals surface area contributed by atoms with Gasteiger partial charge in [-0.25, -0.2) is 14.4 Å². The maximum atomic E-state index is 14.3. The van der Waals surface area contributed by atoms with E-state index in [1.807, 2.05) is 12.3 Å². The Kier molecular flexibility index (Phi) is 5.48. The van der Waals surface area contributed by atoms with Crippen LogP contribution in [0.25, 0.3) is 11.0 Å². The zero-order valence-electron chi connectivity index (χ0n) is 17.3. The highest BCUT2D eigenvalue weighted by Gasteiger charge is 2.31. The summed E-state index contributed by atoms with van der Waals surface area (Å²) in [5.41, 5.74) is 1.78. The summed E-state index contributed by atoms with van der Waals surface area (Å²) >= 11 is 1.51. The predicted molar refractivity (Wildman–Crippen MR) is 121 cm³/mol. The Balaban J connectivity index is 1.35. The van der Waals surface area contributed by atoms with Gasteiger partial charge in [0, 0.05) is 36.1 Å². The highest BCUT2D eigenvalue weighted by atomic mass is 32.2. The summed E-state index contributed by atoms with van der Waals surface area (Å²) in [7, 11) is 0. The molecule has 2 aromatic heterocycles. The van der Waals surface area contributed by atoms with E-state index in [4.69, 9.17) is 9.97 Å². The third-order valence-corrected chi connectivity index (χ3v) is 6.70. The molecule has 1 saturated carbocycles. The quantitative estimate of drug-likeness (QED) is 0.448. The van der Waals surface area contributed by atoms with Crippen LogP contribution in [0.1, 0.15) is 36.0 Å². The van der Waals surface area contributed by atoms with Gasteiger partial charge in [0.05, 0.1) is 17.3 Å². The maximum Gasteiger partial charge on any atom is 0.172 e. The number of carbonyl (C=O) groups is 1. The number of fused-ring (bicyclic) bond motifs is 1. The fourth-order valence-corrected chi connectivity index (χ4v) is 4.47. The van der Waals surface area contributed by atoms with Gasteiger partial charge in [0.2, 0.25) is 0 Å². The molecule has 0 unspecified atom stereocenters. The first-order valence-electron chi connectivity index (χ1n) is 10.6. The third-order valence-electron chi connectivity index (χ3n) is 5.97. The number of benzene rings is 1. The molecule has 0 bridgehead atoms. The van der Waals surface area contributed by atoms with Crippen molar-refractivity contribution in [3.8, 4) is 0 Å². The van der Waals surface area contributed by atoms with Gasteiger partial charge in [0.1, 0.15) is 11.3 Å². The molecule has 2 aliphatic rings. The summed E-state index contributed by atoms with van der Waals surface area (Å²) in [6.07, 6.45) is 8.99. The Morgan fingerprint density at radius 2 is 1.94 bits per heavy atom. The minimum atomic E-state index is -0.436. The van der Waals surface area contributed by atoms with E-state index in [1.165, 1.54) is 17.8 Å². The van der Waals surface area contributed by atoms with Crippen molar-refractivity contribution in [1.29, 1.82) is 0 Å². The number of hydrogen-bond donors (Lipinski definition) is 1. The van der Waals surface area contributed by atoms with E-state index in [-0.39, 0.29) is 17.3 Å². The first kappa shape index (κ1) is 20.2. The van der Waals surface area contributed by atoms with E-state index >= 15 is 0 Å². The van der Waals surface area contributed by atoms with Crippen molar-refractivity contribution in [3.05, 3.63) is 48.0 Å². The normalized spacial score (nSPS) is 17.2. The van der Waals surface area contributed by atoms with Gasteiger partial charge in [-0.1, -0.05) is 0 Å². The Morgan fingerprint density at radius 3 is 2.68 bits per heavy atom. The number of piperidine rings is 1. The molecule has 0 radical (unpaired) electrons. The number of thioether (sulfide) groups is 1. The molecule has 8 heteroatoms. The van der Waals surface area contributed by atoms with Crippen LogP contribution >= 0.6 is 11.8 Å². The Bertz CT molecular complexity index is 1130. The number of rotatable bonds is 6. The van der Waals surface area contributed by atoms with Crippen molar-refractivity contribution in [3.63, 3.8) is 0 Å². The Morgan fingerprint density at radius 1 is 1.13 bits per heavy atom. The van der Waals surface area contributed by atoms with Gasteiger partial charge in [0.15, 0.2) is 17.4 Å². The second-order valence-corrected chi connectivity index (χ2v) is 9.03. The number of Topliss-reactive ketones (excluding diaryl/α,β-unsaturated/α-hetero) is 1. The molecule has 0 spiro atoms. The van der Waals surface area contributed by atoms with Crippen LogP contribution in [0.2, 0.25) is 0 Å². The fraction of sp³-hybridized carbons (Fsp3) is 0.391. The molecule has 1 aliphatic carbocycles. The Hall–Kier alpha value is -2.74. The number of hydrogen-bond acceptors (Lipinski definition) is 7. The maximum absolute atomic E-state index is 14.3. The molecule has 0 amide bonds. The predicted octanol–water partition coefficient (Wildman–Crippen LogP) is 4.56. The number of nitrogens with one attached hydrogen (secondary N) is 1. The van der Waals surface area contributed by atoms with Crippen molar-refractivity contribution < 1.29 is 9.18 Å². The molecular formula is C23H24FN5OS. The molecule has 31 heavy (non-hydrogen) atoms. The van der Waals surface area contributed by atoms with Crippen LogP contribution in [0, 0.1) is 11.7 Å². The van der Waals surface area contributed by atoms with Crippen molar-refractivity contribution in [2.75, 3.05) is 29.6 Å². The molecule has 6 nitrogen and oxygen atoms in total. The van der Waals surface area contributed by atoms with E-state index in [0.29, 0.717) is 32.0 Å². The van der Waals surface area contributed by atoms with Gasteiger partial charge >= 0.3 is 0 Å². The van der Waals surface area contributed by atoms with E-state index < -0.39 is 5.82 Å². The van der Waals surface area contributed by atoms with Gasteiger partial charge in [-0.2, -0.15) is 0 Å². The number of halogens is 1. The van der Waals surface area contributed by atoms with Crippen LogP contribution in [0.3, 0.4) is 0 Å². The van der Waals surface area contributed by atoms with Gasteiger partial charge in [-0.15, -0.1) is 11.8 Å². The molecule has 1 N–H and O–H groups in total. The van der Waals surface area contributed by atoms with Gasteiger partial charge in [-0.3, -0.25) is 9.78 Å². The van der Waals surface area contributed by atoms with Gasteiger partial charge < -0.3 is 10.2 Å². The SMILES string of the molecule is CSc1ccc(F)c(C(=O)C2CCN(c3nc4cnccc4nc3NC3CC3)CC2)c1. The molecule has 0 atom stereocenters. The molecule has 5 rings (SSSR count). The van der Waals surface area contributed by atoms with E-state index in [1.54, 1.807) is 24.5 Å². The summed E-state index contributed by atoms with van der Waals surface area (Å²) < 4.78 is 14.3. The largest absolute Gasteiger partial charge is 0.364 e. The lowest BCUT2D eigenvalue weighted by Crippen LogP contribution is -2.37. The van der Waals surface area contributed by atoms with E-state index in [2.05, 4.69) is 15.2 Å². The van der Waals surface area contributed by atoms with Crippen LogP contribution in [-0.2, 0) is 0 Å². The van der Waals surface area contributed by atoms with Crippen LogP contribution in [0.5, 0.6) is 0 Å². The Labute approximate surface area is 184 Å². The van der Waals surface area contributed by atoms with E-state index in [9.17, 15) is 9.18 Å². The number of nitrogens with zero attached hydrogens (tertiary/aromatic N) is 4. The van der Waals surface area contributed by atoms with E-state index in [0.717, 1.165) is 40.4 Å². The zero-order chi connectivity index (χ0) is 21.4. The molecule has 1 aliphatic heterocycles. The summed E-state index contributed by atoms with van der Waals surface area (Å²) in [6.45, 7) is 1.36. The van der Waals surface area contributed by atoms with Gasteiger partial charge in [-0.05, 0) is 56.2 Å². The van der Waals surface area contributed by atoms with Crippen LogP contribution in [0.15, 0.2) is 41.6 Å². The lowest BCUT2D eigenvalue weighted by atomic mass is 9.88. The van der Waals surface area contributed by atoms with Crippen molar-refractivity contribution in [1.82, 2.24) is 15.0 Å². The second-order valence-electron chi connectivity index (χ2n) is 8.15. The summed E-state index contributed by atoms with van der Waals surface area (Å²) in [6, 6.07) is 7.10. The van der Waals surface area contributed by atoms with Crippen molar-refractivity contribution in [2.24, 2.45) is 5.92 Å². The summed E-state index contributed by atoms with van der Waals surface area (Å²) in [4.78, 5) is 29.9. The number of aromatic nitrogens is 3. The first-order chi connectivity index (χ1) is 15.1. The lowest BCUT2D eigenvalue weighted by molar-refractivity contribution is 0.0896. The average Bonchev–Trinajstić information content (AvgIpc) is 3.63. The topological polar surface area (TPSA) is 71.0 Å². The lowest BCUT2D eigenvalue weighted by Gasteiger charge is -2.33. The summed E-state index contributed by atoms with van der Waals surface area (Å²) in [5, 5.41) is 3.50. The molecule has 3 aromatic rings. The van der Waals surface area contributed by atoms with Crippen LogP contribution < -0.4 is 10.2 Å².